The maximum Gasteiger partial charge on any atom is 0.262 e. The summed E-state index contributed by atoms with van der Waals surface area (Å²) >= 11 is 5.18. The van der Waals surface area contributed by atoms with E-state index >= 15 is 0 Å². The second-order valence-corrected chi connectivity index (χ2v) is 5.52. The van der Waals surface area contributed by atoms with Crippen LogP contribution < -0.4 is 5.32 Å². The molecule has 0 fully saturated rings. The molecule has 0 bridgehead atoms. The lowest BCUT2D eigenvalue weighted by Crippen LogP contribution is -2.28. The molecule has 2 aromatic heterocycles. The van der Waals surface area contributed by atoms with Crippen LogP contribution in [0.15, 0.2) is 28.4 Å². The summed E-state index contributed by atoms with van der Waals surface area (Å²) in [5.41, 5.74) is -0.0141. The molecule has 0 spiro atoms. The van der Waals surface area contributed by atoms with E-state index in [4.69, 9.17) is 21.9 Å². The number of rotatable bonds is 6. The first-order valence-electron chi connectivity index (χ1n) is 7.11. The first kappa shape index (κ1) is 16.7. The van der Waals surface area contributed by atoms with Crippen molar-refractivity contribution in [2.75, 3.05) is 6.54 Å². The predicted octanol–water partition coefficient (Wildman–Crippen LogP) is 2.38. The minimum atomic E-state index is -0.454. The second-order valence-electron chi connectivity index (χ2n) is 5.13. The largest absolute Gasteiger partial charge is 0.465 e. The first-order valence-corrected chi connectivity index (χ1v) is 7.52. The molecular formula is C15H17N5O2S. The van der Waals surface area contributed by atoms with Gasteiger partial charge in [-0.3, -0.25) is 9.89 Å². The van der Waals surface area contributed by atoms with Crippen LogP contribution in [-0.2, 0) is 11.3 Å². The van der Waals surface area contributed by atoms with Gasteiger partial charge in [0.05, 0.1) is 6.26 Å². The molecule has 0 radical (unpaired) electrons. The van der Waals surface area contributed by atoms with Gasteiger partial charge in [0.2, 0.25) is 0 Å². The number of H-pyrrole nitrogens is 1. The Morgan fingerprint density at radius 1 is 1.65 bits per heavy atom. The summed E-state index contributed by atoms with van der Waals surface area (Å²) in [5.74, 6) is 1.05. The summed E-state index contributed by atoms with van der Waals surface area (Å²) in [5, 5.41) is 18.7. The molecule has 2 heterocycles. The molecule has 120 valence electrons. The summed E-state index contributed by atoms with van der Waals surface area (Å²) in [6.07, 6.45) is 2.88. The van der Waals surface area contributed by atoms with Crippen LogP contribution >= 0.6 is 12.2 Å². The standard InChI is InChI=1S/C15H17N5O2S/c1-10(2)13-18-19-15(23)20(13)6-5-17-14(21)11(9-16)8-12-4-3-7-22-12/h3-4,7-8,10H,5-6H2,1-2H3,(H,17,21)(H,19,23). The van der Waals surface area contributed by atoms with Gasteiger partial charge in [-0.2, -0.15) is 10.4 Å². The number of hydrogen-bond acceptors (Lipinski definition) is 5. The Labute approximate surface area is 138 Å². The molecule has 1 amide bonds. The molecule has 23 heavy (non-hydrogen) atoms. The molecule has 0 aliphatic rings. The Balaban J connectivity index is 1.99. The van der Waals surface area contributed by atoms with Gasteiger partial charge in [0.25, 0.3) is 5.91 Å². The van der Waals surface area contributed by atoms with Crippen molar-refractivity contribution >= 4 is 24.2 Å². The van der Waals surface area contributed by atoms with Crippen molar-refractivity contribution in [1.29, 1.82) is 5.26 Å². The number of carbonyl (C=O) groups excluding carboxylic acids is 1. The Hall–Kier alpha value is -2.66. The fraction of sp³-hybridized carbons (Fsp3) is 0.333. The van der Waals surface area contributed by atoms with Crippen molar-refractivity contribution in [3.8, 4) is 6.07 Å². The monoisotopic (exact) mass is 331 g/mol. The number of nitrogens with one attached hydrogen (secondary N) is 2. The average Bonchev–Trinajstić information content (AvgIpc) is 3.15. The Morgan fingerprint density at radius 3 is 3.04 bits per heavy atom. The molecule has 8 heteroatoms. The quantitative estimate of drug-likeness (QED) is 0.481. The molecule has 0 saturated heterocycles. The number of hydrogen-bond donors (Lipinski definition) is 2. The van der Waals surface area contributed by atoms with Crippen molar-refractivity contribution in [3.05, 3.63) is 40.3 Å². The summed E-state index contributed by atoms with van der Waals surface area (Å²) in [4.78, 5) is 12.0. The van der Waals surface area contributed by atoms with Crippen LogP contribution in [0.25, 0.3) is 6.08 Å². The van der Waals surface area contributed by atoms with Crippen LogP contribution in [0.1, 0.15) is 31.4 Å². The Kier molecular flexibility index (Phi) is 5.49. The highest BCUT2D eigenvalue weighted by molar-refractivity contribution is 7.71. The lowest BCUT2D eigenvalue weighted by molar-refractivity contribution is -0.117. The molecule has 0 aliphatic heterocycles. The van der Waals surface area contributed by atoms with Crippen LogP contribution in [-0.4, -0.2) is 27.2 Å². The highest BCUT2D eigenvalue weighted by Gasteiger charge is 2.12. The van der Waals surface area contributed by atoms with Gasteiger partial charge >= 0.3 is 0 Å². The van der Waals surface area contributed by atoms with Crippen LogP contribution in [0.2, 0.25) is 0 Å². The number of furan rings is 1. The number of nitriles is 1. The van der Waals surface area contributed by atoms with Crippen molar-refractivity contribution in [1.82, 2.24) is 20.1 Å². The maximum absolute atomic E-state index is 12.0. The van der Waals surface area contributed by atoms with E-state index in [0.29, 0.717) is 23.6 Å². The van der Waals surface area contributed by atoms with E-state index in [-0.39, 0.29) is 11.5 Å². The van der Waals surface area contributed by atoms with E-state index in [9.17, 15) is 4.79 Å². The second kappa shape index (κ2) is 7.56. The smallest absolute Gasteiger partial charge is 0.262 e. The van der Waals surface area contributed by atoms with Gasteiger partial charge in [-0.1, -0.05) is 13.8 Å². The van der Waals surface area contributed by atoms with E-state index in [1.807, 2.05) is 24.5 Å². The molecule has 2 N–H and O–H groups in total. The zero-order valence-corrected chi connectivity index (χ0v) is 13.7. The van der Waals surface area contributed by atoms with Crippen LogP contribution in [0.5, 0.6) is 0 Å². The molecule has 7 nitrogen and oxygen atoms in total. The van der Waals surface area contributed by atoms with Crippen molar-refractivity contribution in [3.63, 3.8) is 0 Å². The number of carbonyl (C=O) groups is 1. The van der Waals surface area contributed by atoms with E-state index in [1.54, 1.807) is 12.1 Å². The minimum Gasteiger partial charge on any atom is -0.465 e. The minimum absolute atomic E-state index is 0.0141. The highest BCUT2D eigenvalue weighted by Crippen LogP contribution is 2.11. The van der Waals surface area contributed by atoms with Crippen LogP contribution in [0, 0.1) is 16.1 Å². The molecular weight excluding hydrogens is 314 g/mol. The van der Waals surface area contributed by atoms with Crippen molar-refractivity contribution in [2.24, 2.45) is 0 Å². The fourth-order valence-corrected chi connectivity index (χ4v) is 2.26. The first-order chi connectivity index (χ1) is 11.0. The van der Waals surface area contributed by atoms with E-state index in [1.165, 1.54) is 12.3 Å². The molecule has 2 rings (SSSR count). The summed E-state index contributed by atoms with van der Waals surface area (Å²) in [7, 11) is 0. The van der Waals surface area contributed by atoms with Gasteiger partial charge in [-0.05, 0) is 24.4 Å². The predicted molar refractivity (Wildman–Crippen MR) is 86.8 cm³/mol. The van der Waals surface area contributed by atoms with Crippen molar-refractivity contribution < 1.29 is 9.21 Å². The lowest BCUT2D eigenvalue weighted by Gasteiger charge is -2.09. The normalized spacial score (nSPS) is 11.5. The van der Waals surface area contributed by atoms with Crippen molar-refractivity contribution in [2.45, 2.75) is 26.3 Å². The zero-order valence-electron chi connectivity index (χ0n) is 12.9. The maximum atomic E-state index is 12.0. The SMILES string of the molecule is CC(C)c1n[nH]c(=S)n1CCNC(=O)C(C#N)=Cc1ccco1. The lowest BCUT2D eigenvalue weighted by atomic mass is 10.2. The summed E-state index contributed by atoms with van der Waals surface area (Å²) in [6, 6.07) is 5.23. The van der Waals surface area contributed by atoms with Crippen LogP contribution in [0.4, 0.5) is 0 Å². The van der Waals surface area contributed by atoms with Gasteiger partial charge in [0.15, 0.2) is 4.77 Å². The van der Waals surface area contributed by atoms with Gasteiger partial charge < -0.3 is 14.3 Å². The third-order valence-corrected chi connectivity index (χ3v) is 3.43. The zero-order chi connectivity index (χ0) is 16.8. The summed E-state index contributed by atoms with van der Waals surface area (Å²) in [6.45, 7) is 4.84. The average molecular weight is 331 g/mol. The number of nitrogens with zero attached hydrogens (tertiary/aromatic N) is 3. The molecule has 0 aliphatic carbocycles. The van der Waals surface area contributed by atoms with Gasteiger partial charge in [-0.15, -0.1) is 0 Å². The Morgan fingerprint density at radius 2 is 2.43 bits per heavy atom. The molecule has 0 saturated carbocycles. The van der Waals surface area contributed by atoms with E-state index < -0.39 is 5.91 Å². The van der Waals surface area contributed by atoms with E-state index in [2.05, 4.69) is 15.5 Å². The molecule has 0 aromatic carbocycles. The topological polar surface area (TPSA) is 99.6 Å². The number of aromatic nitrogens is 3. The van der Waals surface area contributed by atoms with Gasteiger partial charge in [0.1, 0.15) is 23.2 Å². The number of aromatic amines is 1. The van der Waals surface area contributed by atoms with Gasteiger partial charge in [-0.25, -0.2) is 0 Å². The van der Waals surface area contributed by atoms with E-state index in [0.717, 1.165) is 5.82 Å². The highest BCUT2D eigenvalue weighted by atomic mass is 32.1. The number of amides is 1. The summed E-state index contributed by atoms with van der Waals surface area (Å²) < 4.78 is 7.44. The van der Waals surface area contributed by atoms with Gasteiger partial charge in [0, 0.05) is 25.1 Å². The Bertz CT molecular complexity index is 793. The molecule has 0 unspecified atom stereocenters. The third-order valence-electron chi connectivity index (χ3n) is 3.12. The third kappa shape index (κ3) is 4.17. The fourth-order valence-electron chi connectivity index (χ4n) is 2.03. The van der Waals surface area contributed by atoms with Crippen LogP contribution in [0.3, 0.4) is 0 Å². The molecule has 0 atom stereocenters. The molecule has 2 aromatic rings.